The maximum Gasteiger partial charge on any atom is 0.222 e. The van der Waals surface area contributed by atoms with Crippen LogP contribution in [0.3, 0.4) is 0 Å². The van der Waals surface area contributed by atoms with E-state index < -0.39 is 0 Å². The molecule has 0 saturated carbocycles. The third-order valence-corrected chi connectivity index (χ3v) is 5.67. The van der Waals surface area contributed by atoms with Crippen molar-refractivity contribution in [2.24, 2.45) is 0 Å². The van der Waals surface area contributed by atoms with Gasteiger partial charge in [0.2, 0.25) is 5.91 Å². The smallest absolute Gasteiger partial charge is 0.222 e. The van der Waals surface area contributed by atoms with E-state index in [0.717, 1.165) is 6.42 Å². The number of carbonyl (C=O) groups excluding carboxylic acids is 2. The van der Waals surface area contributed by atoms with Crippen LogP contribution in [0.2, 0.25) is 0 Å². The van der Waals surface area contributed by atoms with Crippen LogP contribution in [0, 0.1) is 0 Å². The quantitative estimate of drug-likeness (QED) is 0.295. The monoisotopic (exact) mass is 365 g/mol. The normalized spacial score (nSPS) is 14.8. The molecule has 152 valence electrons. The molecule has 0 bridgehead atoms. The standard InChI is InChI=1S/C23H43NO2/c1-2-3-4-5-6-7-8-9-10-11-12-13-14-15-16-17-23(26)24-20-18-22(25)19-21-24/h2-21H2,1H3. The highest BCUT2D eigenvalue weighted by atomic mass is 16.2. The highest BCUT2D eigenvalue weighted by Gasteiger charge is 2.19. The van der Waals surface area contributed by atoms with Crippen molar-refractivity contribution in [1.29, 1.82) is 0 Å². The molecule has 0 radical (unpaired) electrons. The molecule has 0 aromatic heterocycles. The molecule has 1 aliphatic rings. The Hall–Kier alpha value is -0.860. The summed E-state index contributed by atoms with van der Waals surface area (Å²) >= 11 is 0. The zero-order valence-electron chi connectivity index (χ0n) is 17.4. The second kappa shape index (κ2) is 16.3. The number of ketones is 1. The predicted octanol–water partition coefficient (Wildman–Crippen LogP) is 6.44. The van der Waals surface area contributed by atoms with Gasteiger partial charge in [-0.25, -0.2) is 0 Å². The lowest BCUT2D eigenvalue weighted by Gasteiger charge is -2.26. The minimum Gasteiger partial charge on any atom is -0.342 e. The minimum absolute atomic E-state index is 0.257. The fourth-order valence-electron chi connectivity index (χ4n) is 3.81. The van der Waals surface area contributed by atoms with Gasteiger partial charge in [-0.2, -0.15) is 0 Å². The van der Waals surface area contributed by atoms with E-state index in [2.05, 4.69) is 6.92 Å². The van der Waals surface area contributed by atoms with E-state index in [1.165, 1.54) is 89.9 Å². The molecule has 26 heavy (non-hydrogen) atoms. The molecule has 0 aliphatic carbocycles. The molecule has 1 aliphatic heterocycles. The molecule has 1 saturated heterocycles. The van der Waals surface area contributed by atoms with E-state index in [1.54, 1.807) is 0 Å². The SMILES string of the molecule is CCCCCCCCCCCCCCCCCC(=O)N1CCC(=O)CC1. The summed E-state index contributed by atoms with van der Waals surface area (Å²) < 4.78 is 0. The molecule has 1 amide bonds. The molecule has 0 aromatic rings. The van der Waals surface area contributed by atoms with Crippen molar-refractivity contribution in [1.82, 2.24) is 4.90 Å². The largest absolute Gasteiger partial charge is 0.342 e. The molecule has 0 unspecified atom stereocenters. The highest BCUT2D eigenvalue weighted by molar-refractivity contribution is 5.83. The van der Waals surface area contributed by atoms with Crippen LogP contribution in [0.1, 0.15) is 122 Å². The van der Waals surface area contributed by atoms with E-state index >= 15 is 0 Å². The number of Topliss-reactive ketones (excluding diaryl/α,β-unsaturated/α-hetero) is 1. The van der Waals surface area contributed by atoms with Gasteiger partial charge in [-0.3, -0.25) is 9.59 Å². The zero-order valence-corrected chi connectivity index (χ0v) is 17.4. The Kier molecular flexibility index (Phi) is 14.6. The van der Waals surface area contributed by atoms with E-state index in [-0.39, 0.29) is 5.91 Å². The minimum atomic E-state index is 0.257. The van der Waals surface area contributed by atoms with Crippen molar-refractivity contribution in [3.8, 4) is 0 Å². The fourth-order valence-corrected chi connectivity index (χ4v) is 3.81. The maximum absolute atomic E-state index is 12.1. The van der Waals surface area contributed by atoms with Gasteiger partial charge in [0.05, 0.1) is 0 Å². The van der Waals surface area contributed by atoms with Crippen molar-refractivity contribution in [3.05, 3.63) is 0 Å². The van der Waals surface area contributed by atoms with Crippen LogP contribution in [-0.2, 0) is 9.59 Å². The average molecular weight is 366 g/mol. The molecule has 1 rings (SSSR count). The number of amides is 1. The van der Waals surface area contributed by atoms with Gasteiger partial charge in [0, 0.05) is 32.4 Å². The van der Waals surface area contributed by atoms with Crippen LogP contribution < -0.4 is 0 Å². The lowest BCUT2D eigenvalue weighted by atomic mass is 10.0. The van der Waals surface area contributed by atoms with Crippen LogP contribution >= 0.6 is 0 Å². The number of likely N-dealkylation sites (tertiary alicyclic amines) is 1. The fraction of sp³-hybridized carbons (Fsp3) is 0.913. The lowest BCUT2D eigenvalue weighted by Crippen LogP contribution is -2.38. The average Bonchev–Trinajstić information content (AvgIpc) is 2.65. The van der Waals surface area contributed by atoms with Crippen molar-refractivity contribution < 1.29 is 9.59 Å². The summed E-state index contributed by atoms with van der Waals surface area (Å²) in [4.78, 5) is 25.1. The van der Waals surface area contributed by atoms with Crippen LogP contribution in [0.15, 0.2) is 0 Å². The Bertz CT molecular complexity index is 357. The van der Waals surface area contributed by atoms with Gasteiger partial charge >= 0.3 is 0 Å². The number of carbonyl (C=O) groups is 2. The number of rotatable bonds is 16. The molecular weight excluding hydrogens is 322 g/mol. The molecular formula is C23H43NO2. The number of unbranched alkanes of at least 4 members (excludes halogenated alkanes) is 14. The van der Waals surface area contributed by atoms with Gasteiger partial charge in [-0.05, 0) is 6.42 Å². The van der Waals surface area contributed by atoms with Gasteiger partial charge in [0.15, 0.2) is 0 Å². The zero-order chi connectivity index (χ0) is 18.9. The predicted molar refractivity (Wildman–Crippen MR) is 110 cm³/mol. The van der Waals surface area contributed by atoms with Crippen LogP contribution in [0.4, 0.5) is 0 Å². The second-order valence-corrected chi connectivity index (χ2v) is 8.12. The summed E-state index contributed by atoms with van der Waals surface area (Å²) in [5.41, 5.74) is 0. The lowest BCUT2D eigenvalue weighted by molar-refractivity contribution is -0.134. The van der Waals surface area contributed by atoms with Gasteiger partial charge in [0.1, 0.15) is 5.78 Å². The molecule has 3 nitrogen and oxygen atoms in total. The second-order valence-electron chi connectivity index (χ2n) is 8.12. The first kappa shape index (κ1) is 23.2. The number of nitrogens with zero attached hydrogens (tertiary/aromatic N) is 1. The summed E-state index contributed by atoms with van der Waals surface area (Å²) in [6.45, 7) is 3.58. The summed E-state index contributed by atoms with van der Waals surface area (Å²) in [5, 5.41) is 0. The van der Waals surface area contributed by atoms with Crippen molar-refractivity contribution in [3.63, 3.8) is 0 Å². The van der Waals surface area contributed by atoms with Crippen LogP contribution in [-0.4, -0.2) is 29.7 Å². The first-order valence-electron chi connectivity index (χ1n) is 11.5. The Morgan fingerprint density at radius 1 is 0.692 bits per heavy atom. The Morgan fingerprint density at radius 3 is 1.50 bits per heavy atom. The third-order valence-electron chi connectivity index (χ3n) is 5.67. The topological polar surface area (TPSA) is 37.4 Å². The first-order chi connectivity index (χ1) is 12.7. The number of hydrogen-bond acceptors (Lipinski definition) is 2. The molecule has 0 atom stereocenters. The summed E-state index contributed by atoms with van der Waals surface area (Å²) in [6.07, 6.45) is 22.1. The molecule has 0 aromatic carbocycles. The third kappa shape index (κ3) is 12.5. The molecule has 1 fully saturated rings. The van der Waals surface area contributed by atoms with Crippen LogP contribution in [0.5, 0.6) is 0 Å². The van der Waals surface area contributed by atoms with E-state index in [9.17, 15) is 9.59 Å². The van der Waals surface area contributed by atoms with E-state index in [4.69, 9.17) is 0 Å². The highest BCUT2D eigenvalue weighted by Crippen LogP contribution is 2.14. The molecule has 0 N–H and O–H groups in total. The van der Waals surface area contributed by atoms with Gasteiger partial charge in [-0.15, -0.1) is 0 Å². The maximum atomic E-state index is 12.1. The van der Waals surface area contributed by atoms with Gasteiger partial charge in [0.25, 0.3) is 0 Å². The Morgan fingerprint density at radius 2 is 1.08 bits per heavy atom. The summed E-state index contributed by atoms with van der Waals surface area (Å²) in [7, 11) is 0. The van der Waals surface area contributed by atoms with E-state index in [1.807, 2.05) is 4.90 Å². The van der Waals surface area contributed by atoms with E-state index in [0.29, 0.717) is 38.1 Å². The first-order valence-corrected chi connectivity index (χ1v) is 11.5. The Labute approximate surface area is 162 Å². The Balaban J connectivity index is 1.77. The van der Waals surface area contributed by atoms with Gasteiger partial charge < -0.3 is 4.90 Å². The van der Waals surface area contributed by atoms with Crippen molar-refractivity contribution >= 4 is 11.7 Å². The van der Waals surface area contributed by atoms with Gasteiger partial charge in [-0.1, -0.05) is 96.8 Å². The molecule has 1 heterocycles. The van der Waals surface area contributed by atoms with Crippen molar-refractivity contribution in [2.75, 3.05) is 13.1 Å². The summed E-state index contributed by atoms with van der Waals surface area (Å²) in [5.74, 6) is 0.563. The summed E-state index contributed by atoms with van der Waals surface area (Å²) in [6, 6.07) is 0. The number of piperidine rings is 1. The molecule has 0 spiro atoms. The van der Waals surface area contributed by atoms with Crippen LogP contribution in [0.25, 0.3) is 0 Å². The number of hydrogen-bond donors (Lipinski definition) is 0. The molecule has 3 heteroatoms. The van der Waals surface area contributed by atoms with Crippen molar-refractivity contribution in [2.45, 2.75) is 122 Å².